The van der Waals surface area contributed by atoms with E-state index in [4.69, 9.17) is 9.47 Å². The molecule has 0 fully saturated rings. The van der Waals surface area contributed by atoms with E-state index >= 15 is 0 Å². The molecule has 2 nitrogen and oxygen atoms in total. The molecule has 4 heteroatoms. The maximum atomic E-state index is 6.05. The average Bonchev–Trinajstić information content (AvgIpc) is 2.54. The summed E-state index contributed by atoms with van der Waals surface area (Å²) in [6.07, 6.45) is 1.88. The first-order valence-corrected chi connectivity index (χ1v) is 9.35. The van der Waals surface area contributed by atoms with Crippen molar-refractivity contribution in [2.24, 2.45) is 5.92 Å². The molecular formula is C19H22Br2O2. The van der Waals surface area contributed by atoms with E-state index in [1.165, 1.54) is 0 Å². The molecule has 2 rings (SSSR count). The lowest BCUT2D eigenvalue weighted by molar-refractivity contribution is 0.254. The summed E-state index contributed by atoms with van der Waals surface area (Å²) in [7, 11) is 1.70. The van der Waals surface area contributed by atoms with Crippen molar-refractivity contribution in [3.8, 4) is 11.5 Å². The third kappa shape index (κ3) is 5.25. The lowest BCUT2D eigenvalue weighted by Gasteiger charge is -2.16. The second kappa shape index (κ2) is 8.74. The molecule has 2 aromatic rings. The van der Waals surface area contributed by atoms with Gasteiger partial charge in [-0.15, -0.1) is 0 Å². The van der Waals surface area contributed by atoms with Gasteiger partial charge >= 0.3 is 0 Å². The monoisotopic (exact) mass is 440 g/mol. The van der Waals surface area contributed by atoms with Gasteiger partial charge in [-0.3, -0.25) is 0 Å². The van der Waals surface area contributed by atoms with Crippen LogP contribution in [-0.4, -0.2) is 13.7 Å². The van der Waals surface area contributed by atoms with Crippen molar-refractivity contribution in [1.29, 1.82) is 0 Å². The van der Waals surface area contributed by atoms with Crippen molar-refractivity contribution in [3.63, 3.8) is 0 Å². The molecule has 0 saturated heterocycles. The smallest absolute Gasteiger partial charge is 0.122 e. The molecule has 124 valence electrons. The first-order chi connectivity index (χ1) is 11.0. The lowest BCUT2D eigenvalue weighted by atomic mass is 10.0. The van der Waals surface area contributed by atoms with Crippen LogP contribution in [0.3, 0.4) is 0 Å². The zero-order valence-electron chi connectivity index (χ0n) is 13.7. The standard InChI is InChI=1S/C19H22Br2O2/c1-4-13(2)12-23-19-8-6-17(21)11-15(19)9-14-10-16(20)5-7-18(14)22-3/h5-8,10-11,13H,4,9,12H2,1-3H3/t13-/m0/s1. The molecule has 0 spiro atoms. The molecule has 0 radical (unpaired) electrons. The maximum absolute atomic E-state index is 6.05. The first-order valence-electron chi connectivity index (χ1n) is 7.77. The molecule has 0 heterocycles. The van der Waals surface area contributed by atoms with E-state index in [1.54, 1.807) is 7.11 Å². The van der Waals surface area contributed by atoms with Gasteiger partial charge in [-0.1, -0.05) is 52.1 Å². The molecule has 23 heavy (non-hydrogen) atoms. The van der Waals surface area contributed by atoms with Crippen LogP contribution in [0.5, 0.6) is 11.5 Å². The summed E-state index contributed by atoms with van der Waals surface area (Å²) >= 11 is 7.09. The van der Waals surface area contributed by atoms with E-state index in [-0.39, 0.29) is 0 Å². The highest BCUT2D eigenvalue weighted by atomic mass is 79.9. The summed E-state index contributed by atoms with van der Waals surface area (Å²) in [6.45, 7) is 5.12. The highest BCUT2D eigenvalue weighted by Crippen LogP contribution is 2.31. The van der Waals surface area contributed by atoms with Crippen LogP contribution in [0.15, 0.2) is 45.3 Å². The Kier molecular flexibility index (Phi) is 6.97. The number of benzene rings is 2. The Morgan fingerprint density at radius 2 is 1.52 bits per heavy atom. The largest absolute Gasteiger partial charge is 0.496 e. The fourth-order valence-corrected chi connectivity index (χ4v) is 3.08. The Morgan fingerprint density at radius 3 is 2.09 bits per heavy atom. The summed E-state index contributed by atoms with van der Waals surface area (Å²) in [5.41, 5.74) is 2.28. The normalized spacial score (nSPS) is 12.0. The number of hydrogen-bond donors (Lipinski definition) is 0. The predicted octanol–water partition coefficient (Wildman–Crippen LogP) is 6.24. The van der Waals surface area contributed by atoms with Crippen LogP contribution in [-0.2, 0) is 6.42 Å². The summed E-state index contributed by atoms with van der Waals surface area (Å²) in [6, 6.07) is 12.2. The third-order valence-corrected chi connectivity index (χ3v) is 4.85. The molecule has 0 amide bonds. The van der Waals surface area contributed by atoms with Crippen molar-refractivity contribution in [2.45, 2.75) is 26.7 Å². The molecule has 0 N–H and O–H groups in total. The fourth-order valence-electron chi connectivity index (χ4n) is 2.27. The van der Waals surface area contributed by atoms with E-state index in [2.05, 4.69) is 57.8 Å². The minimum atomic E-state index is 0.548. The van der Waals surface area contributed by atoms with Gasteiger partial charge in [-0.2, -0.15) is 0 Å². The van der Waals surface area contributed by atoms with Crippen LogP contribution >= 0.6 is 31.9 Å². The first kappa shape index (κ1) is 18.3. The van der Waals surface area contributed by atoms with E-state index in [0.717, 1.165) is 51.0 Å². The zero-order chi connectivity index (χ0) is 16.8. The fraction of sp³-hybridized carbons (Fsp3) is 0.368. The number of ether oxygens (including phenoxy) is 2. The van der Waals surface area contributed by atoms with Gasteiger partial charge < -0.3 is 9.47 Å². The summed E-state index contributed by atoms with van der Waals surface area (Å²) in [5, 5.41) is 0. The third-order valence-electron chi connectivity index (χ3n) is 3.87. The number of rotatable bonds is 7. The van der Waals surface area contributed by atoms with E-state index in [9.17, 15) is 0 Å². The van der Waals surface area contributed by atoms with E-state index < -0.39 is 0 Å². The SMILES string of the molecule is CC[C@H](C)COc1ccc(Br)cc1Cc1cc(Br)ccc1OC. The zero-order valence-corrected chi connectivity index (χ0v) is 16.9. The molecule has 0 aliphatic carbocycles. The second-order valence-corrected chi connectivity index (χ2v) is 7.54. The van der Waals surface area contributed by atoms with Crippen LogP contribution in [0.2, 0.25) is 0 Å². The van der Waals surface area contributed by atoms with Crippen molar-refractivity contribution >= 4 is 31.9 Å². The lowest BCUT2D eigenvalue weighted by Crippen LogP contribution is -2.09. The maximum Gasteiger partial charge on any atom is 0.122 e. The van der Waals surface area contributed by atoms with Crippen LogP contribution in [0, 0.1) is 5.92 Å². The summed E-state index contributed by atoms with van der Waals surface area (Å²) in [4.78, 5) is 0. The predicted molar refractivity (Wildman–Crippen MR) is 103 cm³/mol. The molecule has 0 aromatic heterocycles. The molecule has 0 aliphatic heterocycles. The van der Waals surface area contributed by atoms with Gasteiger partial charge in [-0.05, 0) is 53.4 Å². The van der Waals surface area contributed by atoms with Gasteiger partial charge in [0.25, 0.3) is 0 Å². The molecule has 0 unspecified atom stereocenters. The number of halogens is 2. The molecule has 2 aromatic carbocycles. The van der Waals surface area contributed by atoms with Crippen LogP contribution in [0.25, 0.3) is 0 Å². The Balaban J connectivity index is 2.28. The van der Waals surface area contributed by atoms with E-state index in [0.29, 0.717) is 5.92 Å². The van der Waals surface area contributed by atoms with E-state index in [1.807, 2.05) is 24.3 Å². The number of methoxy groups -OCH3 is 1. The van der Waals surface area contributed by atoms with Gasteiger partial charge in [-0.25, -0.2) is 0 Å². The summed E-state index contributed by atoms with van der Waals surface area (Å²) in [5.74, 6) is 2.38. The van der Waals surface area contributed by atoms with Crippen LogP contribution < -0.4 is 9.47 Å². The van der Waals surface area contributed by atoms with Crippen molar-refractivity contribution in [1.82, 2.24) is 0 Å². The van der Waals surface area contributed by atoms with Gasteiger partial charge in [0.2, 0.25) is 0 Å². The van der Waals surface area contributed by atoms with Gasteiger partial charge in [0.1, 0.15) is 11.5 Å². The second-order valence-electron chi connectivity index (χ2n) is 5.71. The van der Waals surface area contributed by atoms with Gasteiger partial charge in [0.15, 0.2) is 0 Å². The average molecular weight is 442 g/mol. The highest BCUT2D eigenvalue weighted by molar-refractivity contribution is 9.10. The topological polar surface area (TPSA) is 18.5 Å². The molecule has 1 atom stereocenters. The van der Waals surface area contributed by atoms with Crippen molar-refractivity contribution in [2.75, 3.05) is 13.7 Å². The molecule has 0 saturated carbocycles. The minimum Gasteiger partial charge on any atom is -0.496 e. The van der Waals surface area contributed by atoms with Crippen molar-refractivity contribution in [3.05, 3.63) is 56.5 Å². The van der Waals surface area contributed by atoms with Crippen LogP contribution in [0.1, 0.15) is 31.4 Å². The highest BCUT2D eigenvalue weighted by Gasteiger charge is 2.11. The number of hydrogen-bond acceptors (Lipinski definition) is 2. The van der Waals surface area contributed by atoms with Gasteiger partial charge in [0, 0.05) is 15.4 Å². The Labute approximate surface area is 155 Å². The Hall–Kier alpha value is -1.00. The molecule has 0 aliphatic rings. The Bertz CT molecular complexity index is 656. The molecular weight excluding hydrogens is 420 g/mol. The summed E-state index contributed by atoms with van der Waals surface area (Å²) < 4.78 is 13.6. The van der Waals surface area contributed by atoms with Crippen LogP contribution in [0.4, 0.5) is 0 Å². The van der Waals surface area contributed by atoms with Gasteiger partial charge in [0.05, 0.1) is 13.7 Å². The van der Waals surface area contributed by atoms with Crippen molar-refractivity contribution < 1.29 is 9.47 Å². The minimum absolute atomic E-state index is 0.548. The molecule has 0 bridgehead atoms. The Morgan fingerprint density at radius 1 is 0.957 bits per heavy atom. The quantitative estimate of drug-likeness (QED) is 0.506.